The van der Waals surface area contributed by atoms with Gasteiger partial charge in [-0.25, -0.2) is 4.39 Å². The second kappa shape index (κ2) is 13.6. The topological polar surface area (TPSA) is 88.2 Å². The van der Waals surface area contributed by atoms with E-state index in [0.717, 1.165) is 33.5 Å². The fraction of sp³-hybridized carbons (Fsp3) is 0.400. The Morgan fingerprint density at radius 3 is 2.39 bits per heavy atom. The molecule has 38 heavy (non-hydrogen) atoms. The van der Waals surface area contributed by atoms with Crippen molar-refractivity contribution >= 4 is 34.0 Å². The number of benzene rings is 3. The summed E-state index contributed by atoms with van der Waals surface area (Å²) in [5.74, 6) is -0.151. The number of likely N-dealkylation sites (tertiary alicyclic amines) is 1. The van der Waals surface area contributed by atoms with Crippen molar-refractivity contribution in [3.63, 3.8) is 0 Å². The standard InChI is InChI=1S/C16H22ClNO.C14H13FN2O2/c17-15-12-13(4-3-11-18-9-1-2-10-18)5-8-16(15)19-14-6-7-14;15-12-5-4-10-7-9(1-3-11(10)8-12)2-6-13(17-19)14(16)18/h5,8,12,14H,1-4,6-7,9-11H2;1,3-5,7-8,19H,2,6H2,(H2,16,18)/b;17-13+. The zero-order valence-electron chi connectivity index (χ0n) is 21.5. The summed E-state index contributed by atoms with van der Waals surface area (Å²) >= 11 is 6.27. The maximum Gasteiger partial charge on any atom is 0.266 e. The number of hydrogen-bond acceptors (Lipinski definition) is 5. The third-order valence-electron chi connectivity index (χ3n) is 6.88. The summed E-state index contributed by atoms with van der Waals surface area (Å²) in [5.41, 5.74) is 7.28. The molecular formula is C30H35ClFN3O3. The fourth-order valence-corrected chi connectivity index (χ4v) is 4.83. The van der Waals surface area contributed by atoms with Crippen LogP contribution in [-0.2, 0) is 17.6 Å². The van der Waals surface area contributed by atoms with Crippen LogP contribution in [0.25, 0.3) is 10.8 Å². The number of oxime groups is 1. The van der Waals surface area contributed by atoms with Gasteiger partial charge in [-0.2, -0.15) is 0 Å². The number of nitrogens with zero attached hydrogens (tertiary/aromatic N) is 2. The average Bonchev–Trinajstić information content (AvgIpc) is 3.57. The average molecular weight is 540 g/mol. The molecule has 0 unspecified atom stereocenters. The lowest BCUT2D eigenvalue weighted by atomic mass is 10.0. The minimum Gasteiger partial charge on any atom is -0.489 e. The van der Waals surface area contributed by atoms with Gasteiger partial charge in [-0.15, -0.1) is 0 Å². The van der Waals surface area contributed by atoms with E-state index in [2.05, 4.69) is 22.2 Å². The van der Waals surface area contributed by atoms with Gasteiger partial charge in [-0.1, -0.05) is 47.1 Å². The Hall–Kier alpha value is -3.16. The van der Waals surface area contributed by atoms with Crippen molar-refractivity contribution in [2.45, 2.75) is 57.5 Å². The number of carbonyl (C=O) groups is 1. The Balaban J connectivity index is 0.000000177. The summed E-state index contributed by atoms with van der Waals surface area (Å²) in [4.78, 5) is 13.5. The summed E-state index contributed by atoms with van der Waals surface area (Å²) in [6, 6.07) is 16.4. The van der Waals surface area contributed by atoms with Crippen molar-refractivity contribution in [2.24, 2.45) is 10.9 Å². The number of primary amides is 1. The molecule has 3 aromatic carbocycles. The molecule has 3 N–H and O–H groups in total. The van der Waals surface area contributed by atoms with Gasteiger partial charge in [0, 0.05) is 6.42 Å². The van der Waals surface area contributed by atoms with Crippen LogP contribution in [0.2, 0.25) is 5.02 Å². The third kappa shape index (κ3) is 8.43. The molecule has 5 rings (SSSR count). The molecule has 0 spiro atoms. The van der Waals surface area contributed by atoms with Gasteiger partial charge in [-0.3, -0.25) is 4.79 Å². The van der Waals surface area contributed by atoms with Gasteiger partial charge in [0.05, 0.1) is 11.1 Å². The zero-order chi connectivity index (χ0) is 26.9. The van der Waals surface area contributed by atoms with Crippen LogP contribution < -0.4 is 10.5 Å². The lowest BCUT2D eigenvalue weighted by Gasteiger charge is -2.14. The Kier molecular flexibility index (Phi) is 9.96. The summed E-state index contributed by atoms with van der Waals surface area (Å²) in [7, 11) is 0. The second-order valence-corrected chi connectivity index (χ2v) is 10.4. The number of rotatable bonds is 10. The van der Waals surface area contributed by atoms with Gasteiger partial charge < -0.3 is 20.6 Å². The highest BCUT2D eigenvalue weighted by atomic mass is 35.5. The first-order valence-corrected chi connectivity index (χ1v) is 13.7. The second-order valence-electron chi connectivity index (χ2n) is 9.97. The molecule has 1 saturated heterocycles. The van der Waals surface area contributed by atoms with Crippen LogP contribution in [0.1, 0.15) is 49.7 Å². The highest BCUT2D eigenvalue weighted by Crippen LogP contribution is 2.32. The van der Waals surface area contributed by atoms with Gasteiger partial charge in [-0.05, 0) is 111 Å². The van der Waals surface area contributed by atoms with Crippen molar-refractivity contribution in [3.8, 4) is 5.75 Å². The molecule has 2 fully saturated rings. The predicted molar refractivity (Wildman–Crippen MR) is 150 cm³/mol. The van der Waals surface area contributed by atoms with Crippen LogP contribution in [0.5, 0.6) is 5.75 Å². The van der Waals surface area contributed by atoms with Crippen molar-refractivity contribution < 1.29 is 19.1 Å². The molecule has 1 amide bonds. The van der Waals surface area contributed by atoms with E-state index in [1.54, 1.807) is 6.07 Å². The number of fused-ring (bicyclic) bond motifs is 1. The predicted octanol–water partition coefficient (Wildman–Crippen LogP) is 6.14. The molecule has 6 nitrogen and oxygen atoms in total. The first kappa shape index (κ1) is 27.9. The molecule has 1 saturated carbocycles. The smallest absolute Gasteiger partial charge is 0.266 e. The first-order chi connectivity index (χ1) is 18.4. The number of aryl methyl sites for hydroxylation is 2. The van der Waals surface area contributed by atoms with Gasteiger partial charge in [0.1, 0.15) is 17.3 Å². The van der Waals surface area contributed by atoms with Crippen LogP contribution in [0, 0.1) is 5.82 Å². The summed E-state index contributed by atoms with van der Waals surface area (Å²) in [6.45, 7) is 3.79. The minimum absolute atomic E-state index is 0.0563. The Labute approximate surface area is 228 Å². The molecule has 0 atom stereocenters. The summed E-state index contributed by atoms with van der Waals surface area (Å²) in [6.07, 6.45) is 8.63. The number of amides is 1. The van der Waals surface area contributed by atoms with Crippen LogP contribution in [0.15, 0.2) is 59.8 Å². The lowest BCUT2D eigenvalue weighted by molar-refractivity contribution is -0.112. The van der Waals surface area contributed by atoms with Gasteiger partial charge in [0.25, 0.3) is 5.91 Å². The SMILES string of the molecule is Clc1cc(CCCN2CCCC2)ccc1OC1CC1.NC(=O)/C(CCc1ccc2cc(F)ccc2c1)=N/O. The van der Waals surface area contributed by atoms with E-state index in [1.165, 1.54) is 69.4 Å². The number of carbonyl (C=O) groups excluding carboxylic acids is 1. The van der Waals surface area contributed by atoms with Crippen LogP contribution in [0.4, 0.5) is 4.39 Å². The van der Waals surface area contributed by atoms with Gasteiger partial charge in [0.15, 0.2) is 0 Å². The van der Waals surface area contributed by atoms with Crippen LogP contribution in [-0.4, -0.2) is 47.5 Å². The summed E-state index contributed by atoms with van der Waals surface area (Å²) in [5, 5.41) is 14.0. The van der Waals surface area contributed by atoms with E-state index in [-0.39, 0.29) is 17.9 Å². The fourth-order valence-electron chi connectivity index (χ4n) is 4.58. The molecule has 8 heteroatoms. The first-order valence-electron chi connectivity index (χ1n) is 13.3. The Morgan fingerprint density at radius 2 is 1.71 bits per heavy atom. The highest BCUT2D eigenvalue weighted by molar-refractivity contribution is 6.38. The van der Waals surface area contributed by atoms with E-state index < -0.39 is 5.91 Å². The van der Waals surface area contributed by atoms with Gasteiger partial charge >= 0.3 is 0 Å². The van der Waals surface area contributed by atoms with Crippen molar-refractivity contribution in [1.82, 2.24) is 4.90 Å². The Morgan fingerprint density at radius 1 is 1.03 bits per heavy atom. The monoisotopic (exact) mass is 539 g/mol. The molecule has 202 valence electrons. The quantitative estimate of drug-likeness (QED) is 0.184. The van der Waals surface area contributed by atoms with Crippen molar-refractivity contribution in [1.29, 1.82) is 0 Å². The number of halogens is 2. The van der Waals surface area contributed by atoms with Crippen molar-refractivity contribution in [3.05, 3.63) is 76.6 Å². The molecule has 0 aromatic heterocycles. The van der Waals surface area contributed by atoms with E-state index in [4.69, 9.17) is 27.3 Å². The van der Waals surface area contributed by atoms with E-state index in [1.807, 2.05) is 24.3 Å². The largest absolute Gasteiger partial charge is 0.489 e. The van der Waals surface area contributed by atoms with Crippen molar-refractivity contribution in [2.75, 3.05) is 19.6 Å². The lowest BCUT2D eigenvalue weighted by Crippen LogP contribution is -2.23. The summed E-state index contributed by atoms with van der Waals surface area (Å²) < 4.78 is 18.8. The van der Waals surface area contributed by atoms with Crippen LogP contribution >= 0.6 is 11.6 Å². The highest BCUT2D eigenvalue weighted by Gasteiger charge is 2.24. The normalized spacial score (nSPS) is 15.8. The molecule has 2 aliphatic rings. The van der Waals surface area contributed by atoms with E-state index in [9.17, 15) is 9.18 Å². The van der Waals surface area contributed by atoms with Crippen LogP contribution in [0.3, 0.4) is 0 Å². The molecule has 1 aliphatic carbocycles. The maximum absolute atomic E-state index is 13.0. The number of nitrogens with two attached hydrogens (primary N) is 1. The molecule has 0 bridgehead atoms. The Bertz CT molecular complexity index is 1270. The molecule has 1 aliphatic heterocycles. The van der Waals surface area contributed by atoms with E-state index in [0.29, 0.717) is 12.5 Å². The van der Waals surface area contributed by atoms with E-state index >= 15 is 0 Å². The molecule has 1 heterocycles. The zero-order valence-corrected chi connectivity index (χ0v) is 22.3. The number of ether oxygens (including phenoxy) is 1. The molecular weight excluding hydrogens is 505 g/mol. The number of hydrogen-bond donors (Lipinski definition) is 2. The minimum atomic E-state index is -0.731. The third-order valence-corrected chi connectivity index (χ3v) is 7.17. The molecule has 0 radical (unpaired) electrons. The molecule has 3 aromatic rings. The van der Waals surface area contributed by atoms with Gasteiger partial charge in [0.2, 0.25) is 0 Å². The maximum atomic E-state index is 13.0.